The summed E-state index contributed by atoms with van der Waals surface area (Å²) in [7, 11) is 0. The van der Waals surface area contributed by atoms with Gasteiger partial charge in [0.05, 0.1) is 11.1 Å². The Morgan fingerprint density at radius 1 is 0.833 bits per heavy atom. The van der Waals surface area contributed by atoms with Crippen molar-refractivity contribution in [1.82, 2.24) is 24.7 Å². The highest BCUT2D eigenvalue weighted by Gasteiger charge is 2.37. The fourth-order valence-electron chi connectivity index (χ4n) is 2.37. The van der Waals surface area contributed by atoms with Gasteiger partial charge in [0, 0.05) is 11.6 Å². The van der Waals surface area contributed by atoms with E-state index in [-0.39, 0.29) is 28.0 Å². The van der Waals surface area contributed by atoms with Gasteiger partial charge in [0.25, 0.3) is 0 Å². The number of hydrogen-bond acceptors (Lipinski definition) is 6. The van der Waals surface area contributed by atoms with E-state index in [1.165, 1.54) is 22.5 Å². The van der Waals surface area contributed by atoms with Crippen molar-refractivity contribution < 1.29 is 26.3 Å². The van der Waals surface area contributed by atoms with Gasteiger partial charge >= 0.3 is 12.4 Å². The maximum atomic E-state index is 13.1. The Morgan fingerprint density at radius 3 is 1.93 bits per heavy atom. The fourth-order valence-corrected chi connectivity index (χ4v) is 3.46. The zero-order valence-corrected chi connectivity index (χ0v) is 17.4. The van der Waals surface area contributed by atoms with Gasteiger partial charge in [-0.25, -0.2) is 15.0 Å². The molecule has 30 heavy (non-hydrogen) atoms. The predicted molar refractivity (Wildman–Crippen MR) is 101 cm³/mol. The van der Waals surface area contributed by atoms with Crippen LogP contribution in [0.1, 0.15) is 11.1 Å². The highest BCUT2D eigenvalue weighted by molar-refractivity contribution is 7.98. The summed E-state index contributed by atoms with van der Waals surface area (Å²) in [6, 6.07) is 2.54. The van der Waals surface area contributed by atoms with Gasteiger partial charge in [-0.3, -0.25) is 0 Å². The SMILES string of the molecule is CSc1nc(Cl)cc(-n2nc(-c3cc(C(F)(F)F)cc(C(F)(F)F)c3)nc2SC)n1. The van der Waals surface area contributed by atoms with Crippen LogP contribution in [0.4, 0.5) is 26.3 Å². The molecule has 0 amide bonds. The van der Waals surface area contributed by atoms with Gasteiger partial charge in [0.15, 0.2) is 22.0 Å². The second-order valence-corrected chi connectivity index (χ2v) is 7.60. The van der Waals surface area contributed by atoms with E-state index >= 15 is 0 Å². The lowest BCUT2D eigenvalue weighted by atomic mass is 10.0. The number of thioether (sulfide) groups is 2. The molecule has 0 fully saturated rings. The first-order chi connectivity index (χ1) is 13.9. The molecule has 0 bridgehead atoms. The molecule has 1 aromatic carbocycles. The Balaban J connectivity index is 2.19. The second-order valence-electron chi connectivity index (χ2n) is 5.66. The van der Waals surface area contributed by atoms with Crippen LogP contribution in [0.15, 0.2) is 34.6 Å². The lowest BCUT2D eigenvalue weighted by Crippen LogP contribution is -2.11. The standard InChI is InChI=1S/C16H10ClF6N5S2/c1-29-13-24-10(17)6-11(25-13)28-14(30-2)26-12(27-28)7-3-8(15(18,19)20)5-9(4-7)16(21,22)23/h3-6H,1-2H3. The van der Waals surface area contributed by atoms with Gasteiger partial charge in [-0.1, -0.05) is 35.1 Å². The molecule has 2 heterocycles. The van der Waals surface area contributed by atoms with E-state index in [1.54, 1.807) is 12.5 Å². The Bertz CT molecular complexity index is 1050. The normalized spacial score (nSPS) is 12.4. The summed E-state index contributed by atoms with van der Waals surface area (Å²) in [6.07, 6.45) is -6.63. The third kappa shape index (κ3) is 4.83. The van der Waals surface area contributed by atoms with Crippen molar-refractivity contribution in [2.24, 2.45) is 0 Å². The number of halogens is 7. The Morgan fingerprint density at radius 2 is 1.43 bits per heavy atom. The van der Waals surface area contributed by atoms with E-state index in [0.717, 1.165) is 11.8 Å². The van der Waals surface area contributed by atoms with E-state index < -0.39 is 29.0 Å². The van der Waals surface area contributed by atoms with Crippen LogP contribution in [-0.2, 0) is 12.4 Å². The number of hydrogen-bond donors (Lipinski definition) is 0. The van der Waals surface area contributed by atoms with Crippen LogP contribution in [0.3, 0.4) is 0 Å². The molecule has 5 nitrogen and oxygen atoms in total. The van der Waals surface area contributed by atoms with Gasteiger partial charge in [0.1, 0.15) is 5.15 Å². The summed E-state index contributed by atoms with van der Waals surface area (Å²) in [5.74, 6) is -0.151. The second kappa shape index (κ2) is 8.27. The van der Waals surface area contributed by atoms with Gasteiger partial charge in [-0.2, -0.15) is 31.0 Å². The van der Waals surface area contributed by atoms with Crippen LogP contribution >= 0.6 is 35.1 Å². The van der Waals surface area contributed by atoms with Crippen molar-refractivity contribution in [3.63, 3.8) is 0 Å². The molecule has 0 aliphatic rings. The highest BCUT2D eigenvalue weighted by atomic mass is 35.5. The number of benzene rings is 1. The summed E-state index contributed by atoms with van der Waals surface area (Å²) in [6.45, 7) is 0. The molecule has 0 aliphatic heterocycles. The van der Waals surface area contributed by atoms with Crippen LogP contribution in [0.25, 0.3) is 17.2 Å². The van der Waals surface area contributed by atoms with Crippen LogP contribution in [0.5, 0.6) is 0 Å². The number of rotatable bonds is 4. The summed E-state index contributed by atoms with van der Waals surface area (Å²) >= 11 is 8.23. The smallest absolute Gasteiger partial charge is 0.210 e. The van der Waals surface area contributed by atoms with Crippen LogP contribution < -0.4 is 0 Å². The van der Waals surface area contributed by atoms with Gasteiger partial charge < -0.3 is 0 Å². The van der Waals surface area contributed by atoms with Crippen molar-refractivity contribution >= 4 is 35.1 Å². The summed E-state index contributed by atoms with van der Waals surface area (Å²) in [5.41, 5.74) is -3.34. The molecule has 0 atom stereocenters. The predicted octanol–water partition coefficient (Wildman–Crippen LogP) is 5.86. The third-order valence-electron chi connectivity index (χ3n) is 3.67. The topological polar surface area (TPSA) is 56.5 Å². The molecule has 3 rings (SSSR count). The summed E-state index contributed by atoms with van der Waals surface area (Å²) < 4.78 is 80.0. The molecule has 0 unspecified atom stereocenters. The number of nitrogens with zero attached hydrogens (tertiary/aromatic N) is 5. The van der Waals surface area contributed by atoms with E-state index in [2.05, 4.69) is 20.1 Å². The van der Waals surface area contributed by atoms with Crippen LogP contribution in [0.2, 0.25) is 5.15 Å². The van der Waals surface area contributed by atoms with Crippen molar-refractivity contribution in [3.05, 3.63) is 40.5 Å². The molecular formula is C16H10ClF6N5S2. The average molecular weight is 486 g/mol. The Kier molecular flexibility index (Phi) is 6.25. The summed E-state index contributed by atoms with van der Waals surface area (Å²) in [4.78, 5) is 12.3. The molecule has 0 aliphatic carbocycles. The largest absolute Gasteiger partial charge is 0.416 e. The number of aromatic nitrogens is 5. The summed E-state index contributed by atoms with van der Waals surface area (Å²) in [5, 5.41) is 4.66. The first-order valence-corrected chi connectivity index (χ1v) is 10.6. The Labute approximate surface area is 179 Å². The fraction of sp³-hybridized carbons (Fsp3) is 0.250. The molecule has 0 saturated carbocycles. The molecular weight excluding hydrogens is 476 g/mol. The van der Waals surface area contributed by atoms with Crippen molar-refractivity contribution in [1.29, 1.82) is 0 Å². The third-order valence-corrected chi connectivity index (χ3v) is 5.04. The average Bonchev–Trinajstić information content (AvgIpc) is 3.10. The zero-order valence-electron chi connectivity index (χ0n) is 15.0. The quantitative estimate of drug-likeness (QED) is 0.200. The maximum Gasteiger partial charge on any atom is 0.416 e. The van der Waals surface area contributed by atoms with Crippen molar-refractivity contribution in [2.45, 2.75) is 22.7 Å². The minimum Gasteiger partial charge on any atom is -0.210 e. The molecule has 3 aromatic rings. The van der Waals surface area contributed by atoms with E-state index in [9.17, 15) is 26.3 Å². The molecule has 14 heteroatoms. The van der Waals surface area contributed by atoms with Crippen LogP contribution in [0, 0.1) is 0 Å². The van der Waals surface area contributed by atoms with Crippen molar-refractivity contribution in [3.8, 4) is 17.2 Å². The Hall–Kier alpha value is -1.99. The van der Waals surface area contributed by atoms with Gasteiger partial charge in [0.2, 0.25) is 0 Å². The van der Waals surface area contributed by atoms with Crippen LogP contribution in [-0.4, -0.2) is 37.2 Å². The van der Waals surface area contributed by atoms with E-state index in [1.807, 2.05) is 0 Å². The molecule has 0 radical (unpaired) electrons. The minimum atomic E-state index is -4.98. The molecule has 2 aromatic heterocycles. The maximum absolute atomic E-state index is 13.1. The molecule has 0 saturated heterocycles. The van der Waals surface area contributed by atoms with Crippen molar-refractivity contribution in [2.75, 3.05) is 12.5 Å². The lowest BCUT2D eigenvalue weighted by molar-refractivity contribution is -0.143. The number of alkyl halides is 6. The lowest BCUT2D eigenvalue weighted by Gasteiger charge is -2.13. The van der Waals surface area contributed by atoms with E-state index in [0.29, 0.717) is 17.3 Å². The van der Waals surface area contributed by atoms with Gasteiger partial charge in [-0.15, -0.1) is 5.10 Å². The monoisotopic (exact) mass is 485 g/mol. The zero-order chi connectivity index (χ0) is 22.3. The molecule has 160 valence electrons. The first kappa shape index (κ1) is 22.7. The minimum absolute atomic E-state index is 0.0465. The van der Waals surface area contributed by atoms with Gasteiger partial charge in [-0.05, 0) is 30.7 Å². The molecule has 0 spiro atoms. The first-order valence-electron chi connectivity index (χ1n) is 7.82. The van der Waals surface area contributed by atoms with E-state index in [4.69, 9.17) is 11.6 Å². The highest BCUT2D eigenvalue weighted by Crippen LogP contribution is 2.38. The molecule has 0 N–H and O–H groups in total.